The molecule has 9 heteroatoms. The fourth-order valence-electron chi connectivity index (χ4n) is 5.56. The van der Waals surface area contributed by atoms with Crippen LogP contribution in [0.2, 0.25) is 22.2 Å². The number of allylic oxidation sites excluding steroid dienone is 1. The Bertz CT molecular complexity index is 889. The van der Waals surface area contributed by atoms with Crippen molar-refractivity contribution in [3.05, 3.63) is 48.6 Å². The summed E-state index contributed by atoms with van der Waals surface area (Å²) in [5, 5.41) is 0. The Hall–Kier alpha value is -1.34. The van der Waals surface area contributed by atoms with E-state index in [1.165, 1.54) is 0 Å². The summed E-state index contributed by atoms with van der Waals surface area (Å²) in [6.07, 6.45) is 0.979. The van der Waals surface area contributed by atoms with E-state index in [2.05, 4.69) is 62.0 Å². The number of unbranched alkanes of at least 4 members (excludes halogenated alkanes) is 1. The molecule has 0 amide bonds. The van der Waals surface area contributed by atoms with Crippen LogP contribution >= 0.6 is 0 Å². The number of rotatable bonds is 11. The number of fused-ring (bicyclic) bond motifs is 1. The molecule has 2 aliphatic rings. The predicted molar refractivity (Wildman–Crippen MR) is 153 cm³/mol. The Labute approximate surface area is 231 Å². The molecule has 2 fully saturated rings. The molecule has 214 valence electrons. The normalized spacial score (nSPS) is 26.8. The summed E-state index contributed by atoms with van der Waals surface area (Å²) in [5.41, 5.74) is 1.22. The van der Waals surface area contributed by atoms with Crippen LogP contribution in [0.1, 0.15) is 78.6 Å². The van der Waals surface area contributed by atoms with Gasteiger partial charge in [0.2, 0.25) is 0 Å². The van der Waals surface area contributed by atoms with Crippen molar-refractivity contribution >= 4 is 23.1 Å². The van der Waals surface area contributed by atoms with E-state index < -0.39 is 47.7 Å². The van der Waals surface area contributed by atoms with Crippen molar-refractivity contribution in [1.29, 1.82) is 0 Å². The molecule has 0 saturated carbocycles. The minimum atomic E-state index is -2.92. The molecule has 0 spiro atoms. The molecule has 0 unspecified atom stereocenters. The van der Waals surface area contributed by atoms with Gasteiger partial charge in [-0.1, -0.05) is 79.7 Å². The van der Waals surface area contributed by atoms with Crippen LogP contribution in [-0.4, -0.2) is 60.9 Å². The lowest BCUT2D eigenvalue weighted by atomic mass is 10.1. The van der Waals surface area contributed by atoms with Crippen molar-refractivity contribution in [2.24, 2.45) is 0 Å². The highest BCUT2D eigenvalue weighted by Crippen LogP contribution is 2.48. The summed E-state index contributed by atoms with van der Waals surface area (Å²) in [7, 11) is -5.62. The highest BCUT2D eigenvalue weighted by atomic mass is 28.5. The summed E-state index contributed by atoms with van der Waals surface area (Å²) < 4.78 is 40.0. The molecule has 2 saturated heterocycles. The molecule has 1 aromatic rings. The third-order valence-electron chi connectivity index (χ3n) is 7.69. The van der Waals surface area contributed by atoms with Crippen molar-refractivity contribution < 1.29 is 32.0 Å². The van der Waals surface area contributed by atoms with E-state index in [0.29, 0.717) is 18.8 Å². The lowest BCUT2D eigenvalue weighted by Gasteiger charge is -2.51. The number of hydrogen-bond donors (Lipinski definition) is 0. The van der Waals surface area contributed by atoms with Gasteiger partial charge in [0.05, 0.1) is 18.8 Å². The molecule has 4 atom stereocenters. The Morgan fingerprint density at radius 1 is 1.00 bits per heavy atom. The van der Waals surface area contributed by atoms with Crippen LogP contribution in [0.3, 0.4) is 0 Å². The highest BCUT2D eigenvalue weighted by molar-refractivity contribution is 6.84. The molecular formula is C29H48O7Si2. The van der Waals surface area contributed by atoms with Crippen LogP contribution in [0.25, 0.3) is 0 Å². The first-order chi connectivity index (χ1) is 18.0. The van der Waals surface area contributed by atoms with Crippen molar-refractivity contribution in [3.8, 4) is 0 Å². The largest absolute Gasteiger partial charge is 0.450 e. The van der Waals surface area contributed by atoms with Crippen molar-refractivity contribution in [2.45, 2.75) is 115 Å². The highest BCUT2D eigenvalue weighted by Gasteiger charge is 2.62. The van der Waals surface area contributed by atoms with Crippen LogP contribution in [0, 0.1) is 0 Å². The zero-order chi connectivity index (χ0) is 28.1. The first kappa shape index (κ1) is 31.2. The van der Waals surface area contributed by atoms with Gasteiger partial charge in [0.1, 0.15) is 12.2 Å². The van der Waals surface area contributed by atoms with Crippen LogP contribution < -0.4 is 0 Å². The van der Waals surface area contributed by atoms with Gasteiger partial charge in [-0.05, 0) is 47.1 Å². The topological polar surface area (TPSA) is 72.5 Å². The van der Waals surface area contributed by atoms with Crippen molar-refractivity contribution in [1.82, 2.24) is 0 Å². The fourth-order valence-corrected chi connectivity index (χ4v) is 16.8. The van der Waals surface area contributed by atoms with E-state index >= 15 is 0 Å². The van der Waals surface area contributed by atoms with Gasteiger partial charge < -0.3 is 27.2 Å². The standard InChI is InChI=1S/C29H48O7Si2/c1-10-11-15-18-31-29-27(34-28(30)24-16-13-12-14-17-24)26-25(33-29)19-32-37(20(2)3,21(4)5)36-38(35-26,22(6)7)23(8)9/h10,12-14,16-17,20-23,25-27,29H,1,11,15,18-19H2,2-9H3/t25-,26-,27-,29-/m1/s1. The predicted octanol–water partition coefficient (Wildman–Crippen LogP) is 6.88. The molecule has 7 nitrogen and oxygen atoms in total. The molecule has 38 heavy (non-hydrogen) atoms. The SMILES string of the molecule is C=CCCCO[C@@H]1O[C@@H]2CO[Si](C(C)C)(C(C)C)O[Si](C(C)C)(C(C)C)O[C@H]2[C@H]1OC(=O)c1ccccc1. The zero-order valence-corrected chi connectivity index (χ0v) is 26.5. The van der Waals surface area contributed by atoms with Crippen LogP contribution in [0.5, 0.6) is 0 Å². The Balaban J connectivity index is 2.01. The maximum absolute atomic E-state index is 13.2. The van der Waals surface area contributed by atoms with Crippen LogP contribution in [-0.2, 0) is 27.2 Å². The van der Waals surface area contributed by atoms with Gasteiger partial charge in [0.15, 0.2) is 12.4 Å². The minimum absolute atomic E-state index is 0.146. The molecule has 2 aliphatic heterocycles. The van der Waals surface area contributed by atoms with Gasteiger partial charge in [0.25, 0.3) is 0 Å². The fraction of sp³-hybridized carbons (Fsp3) is 0.690. The van der Waals surface area contributed by atoms with E-state index in [0.717, 1.165) is 12.8 Å². The van der Waals surface area contributed by atoms with Gasteiger partial charge in [-0.3, -0.25) is 0 Å². The Morgan fingerprint density at radius 2 is 1.61 bits per heavy atom. The van der Waals surface area contributed by atoms with Gasteiger partial charge in [-0.25, -0.2) is 4.79 Å². The van der Waals surface area contributed by atoms with Crippen LogP contribution in [0.15, 0.2) is 43.0 Å². The lowest BCUT2D eigenvalue weighted by Crippen LogP contribution is -2.66. The maximum atomic E-state index is 13.2. The molecule has 0 bridgehead atoms. The monoisotopic (exact) mass is 564 g/mol. The van der Waals surface area contributed by atoms with E-state index in [9.17, 15) is 4.79 Å². The molecule has 0 radical (unpaired) electrons. The van der Waals surface area contributed by atoms with Crippen molar-refractivity contribution in [2.75, 3.05) is 13.2 Å². The summed E-state index contributed by atoms with van der Waals surface area (Å²) in [4.78, 5) is 13.2. The second-order valence-electron chi connectivity index (χ2n) is 11.6. The number of carbonyl (C=O) groups excluding carboxylic acids is 1. The van der Waals surface area contributed by atoms with E-state index in [1.54, 1.807) is 12.1 Å². The average molecular weight is 565 g/mol. The molecule has 0 aliphatic carbocycles. The molecule has 0 N–H and O–H groups in total. The number of hydrogen-bond acceptors (Lipinski definition) is 7. The molecule has 1 aromatic carbocycles. The number of esters is 1. The number of carbonyl (C=O) groups is 1. The second-order valence-corrected chi connectivity index (χ2v) is 20.5. The molecular weight excluding hydrogens is 516 g/mol. The number of ether oxygens (including phenoxy) is 3. The second kappa shape index (κ2) is 13.3. The Morgan fingerprint density at radius 3 is 2.16 bits per heavy atom. The Kier molecular flexibility index (Phi) is 11.0. The van der Waals surface area contributed by atoms with Gasteiger partial charge in [-0.15, -0.1) is 6.58 Å². The first-order valence-corrected chi connectivity index (χ1v) is 18.1. The summed E-state index contributed by atoms with van der Waals surface area (Å²) in [5.74, 6) is -0.429. The van der Waals surface area contributed by atoms with Gasteiger partial charge in [-0.2, -0.15) is 0 Å². The third-order valence-corrected chi connectivity index (χ3v) is 17.9. The van der Waals surface area contributed by atoms with E-state index in [-0.39, 0.29) is 22.2 Å². The molecule has 2 heterocycles. The first-order valence-electron chi connectivity index (χ1n) is 14.1. The van der Waals surface area contributed by atoms with Crippen molar-refractivity contribution in [3.63, 3.8) is 0 Å². The minimum Gasteiger partial charge on any atom is -0.450 e. The summed E-state index contributed by atoms with van der Waals surface area (Å²) in [6.45, 7) is 22.0. The zero-order valence-electron chi connectivity index (χ0n) is 24.5. The smallest absolute Gasteiger partial charge is 0.338 e. The average Bonchev–Trinajstić information content (AvgIpc) is 3.16. The lowest BCUT2D eigenvalue weighted by molar-refractivity contribution is -0.170. The van der Waals surface area contributed by atoms with E-state index in [1.807, 2.05) is 24.3 Å². The van der Waals surface area contributed by atoms with Gasteiger partial charge >= 0.3 is 23.1 Å². The maximum Gasteiger partial charge on any atom is 0.338 e. The van der Waals surface area contributed by atoms with Crippen LogP contribution in [0.4, 0.5) is 0 Å². The molecule has 0 aromatic heterocycles. The summed E-state index contributed by atoms with van der Waals surface area (Å²) >= 11 is 0. The molecule has 3 rings (SSSR count). The quantitative estimate of drug-likeness (QED) is 0.126. The number of benzene rings is 1. The third kappa shape index (κ3) is 6.51. The summed E-state index contributed by atoms with van der Waals surface area (Å²) in [6, 6.07) is 8.99. The van der Waals surface area contributed by atoms with Gasteiger partial charge in [0, 0.05) is 0 Å². The van der Waals surface area contributed by atoms with E-state index in [4.69, 9.17) is 27.2 Å².